The van der Waals surface area contributed by atoms with Crippen molar-refractivity contribution in [3.63, 3.8) is 0 Å². The van der Waals surface area contributed by atoms with Gasteiger partial charge in [0.15, 0.2) is 0 Å². The molecule has 0 radical (unpaired) electrons. The first kappa shape index (κ1) is 36.4. The molecule has 0 saturated carbocycles. The minimum absolute atomic E-state index is 0.0127. The van der Waals surface area contributed by atoms with Crippen molar-refractivity contribution in [1.29, 1.82) is 0 Å². The van der Waals surface area contributed by atoms with Gasteiger partial charge in [-0.15, -0.1) is 0 Å². The van der Waals surface area contributed by atoms with Gasteiger partial charge in [0.1, 0.15) is 17.9 Å². The van der Waals surface area contributed by atoms with Crippen LogP contribution in [0.25, 0.3) is 0 Å². The largest absolute Gasteiger partial charge is 0.464 e. The highest BCUT2D eigenvalue weighted by molar-refractivity contribution is 7.87. The molecule has 7 rings (SSSR count). The predicted molar refractivity (Wildman–Crippen MR) is 196 cm³/mol. The fourth-order valence-corrected chi connectivity index (χ4v) is 8.51. The minimum Gasteiger partial charge on any atom is -0.464 e. The molecule has 0 aromatic heterocycles. The molecule has 1 unspecified atom stereocenters. The van der Waals surface area contributed by atoms with E-state index in [1.54, 1.807) is 6.07 Å². The van der Waals surface area contributed by atoms with Gasteiger partial charge in [0.05, 0.1) is 11.4 Å². The van der Waals surface area contributed by atoms with E-state index in [-0.39, 0.29) is 32.5 Å². The predicted octanol–water partition coefficient (Wildman–Crippen LogP) is 4.69. The smallest absolute Gasteiger partial charge is 0.419 e. The molecule has 4 aromatic rings. The fourth-order valence-electron chi connectivity index (χ4n) is 7.47. The van der Waals surface area contributed by atoms with Gasteiger partial charge < -0.3 is 15.3 Å². The van der Waals surface area contributed by atoms with Crippen molar-refractivity contribution in [2.24, 2.45) is 4.99 Å². The number of carbonyl (C=O) groups excluding carboxylic acids is 3. The third-order valence-corrected chi connectivity index (χ3v) is 11.6. The maximum Gasteiger partial charge on any atom is 0.419 e. The average molecular weight is 753 g/mol. The van der Waals surface area contributed by atoms with Crippen LogP contribution in [0.15, 0.2) is 108 Å². The number of rotatable bonds is 10. The van der Waals surface area contributed by atoms with Crippen LogP contribution in [0.4, 0.5) is 19.7 Å². The number of imide groups is 1. The Morgan fingerprint density at radius 2 is 1.56 bits per heavy atom. The van der Waals surface area contributed by atoms with Crippen LogP contribution < -0.4 is 10.0 Å². The van der Waals surface area contributed by atoms with Gasteiger partial charge >= 0.3 is 22.3 Å². The number of halogens is 1. The van der Waals surface area contributed by atoms with Crippen molar-refractivity contribution in [2.45, 2.75) is 43.8 Å². The summed E-state index contributed by atoms with van der Waals surface area (Å²) in [5.74, 6) is -1.57. The molecule has 1 spiro atoms. The Morgan fingerprint density at radius 1 is 0.926 bits per heavy atom. The Labute approximate surface area is 311 Å². The van der Waals surface area contributed by atoms with E-state index < -0.39 is 58.1 Å². The number of amides is 5. The lowest BCUT2D eigenvalue weighted by atomic mass is 9.91. The van der Waals surface area contributed by atoms with Gasteiger partial charge in [0.25, 0.3) is 5.91 Å². The number of hydrogen-bond donors (Lipinski definition) is 3. The number of fused-ring (bicyclic) bond motifs is 2. The Balaban J connectivity index is 1.11. The molecule has 0 bridgehead atoms. The lowest BCUT2D eigenvalue weighted by Gasteiger charge is -2.38. The highest BCUT2D eigenvalue weighted by Gasteiger charge is 2.56. The van der Waals surface area contributed by atoms with E-state index >= 15 is 0 Å². The molecule has 3 aliphatic rings. The molecule has 3 N–H and O–H groups in total. The van der Waals surface area contributed by atoms with Crippen molar-refractivity contribution in [3.8, 4) is 0 Å². The normalized spacial score (nSPS) is 18.6. The molecule has 15 heteroatoms. The molecule has 2 aliphatic heterocycles. The van der Waals surface area contributed by atoms with Crippen molar-refractivity contribution in [1.82, 2.24) is 24.1 Å². The second-order valence-corrected chi connectivity index (χ2v) is 15.1. The number of nitrogens with one attached hydrogen (secondary N) is 2. The summed E-state index contributed by atoms with van der Waals surface area (Å²) in [6.07, 6.45) is -0.604. The molecule has 5 amide bonds. The second-order valence-electron chi connectivity index (χ2n) is 13.5. The molecular weight excluding hydrogens is 716 g/mol. The molecule has 54 heavy (non-hydrogen) atoms. The summed E-state index contributed by atoms with van der Waals surface area (Å²) in [6, 6.07) is 29.5. The third-order valence-electron chi connectivity index (χ3n) is 10.1. The lowest BCUT2D eigenvalue weighted by Crippen LogP contribution is -2.53. The second kappa shape index (κ2) is 14.8. The minimum atomic E-state index is -4.29. The van der Waals surface area contributed by atoms with E-state index in [4.69, 9.17) is 10.1 Å². The number of carboxylic acid groups (broad SMARTS) is 1. The molecule has 2 heterocycles. The van der Waals surface area contributed by atoms with Crippen LogP contribution in [0, 0.1) is 5.82 Å². The fraction of sp³-hybridized carbons (Fsp3) is 0.256. The van der Waals surface area contributed by atoms with E-state index in [1.165, 1.54) is 33.9 Å². The Morgan fingerprint density at radius 3 is 2.17 bits per heavy atom. The number of piperidine rings is 1. The van der Waals surface area contributed by atoms with E-state index in [0.717, 1.165) is 31.6 Å². The number of nitrogens with zero attached hydrogens (tertiary/aromatic N) is 4. The summed E-state index contributed by atoms with van der Waals surface area (Å²) in [5, 5.41) is 11.8. The van der Waals surface area contributed by atoms with Crippen molar-refractivity contribution in [2.75, 3.05) is 19.6 Å². The number of urea groups is 1. The van der Waals surface area contributed by atoms with Crippen molar-refractivity contribution >= 4 is 45.5 Å². The van der Waals surface area contributed by atoms with Crippen LogP contribution in [0.2, 0.25) is 0 Å². The molecular formula is C39H37FN6O7S. The Hall–Kier alpha value is -5.93. The van der Waals surface area contributed by atoms with Gasteiger partial charge in [-0.2, -0.15) is 12.7 Å². The zero-order chi connectivity index (χ0) is 38.0. The highest BCUT2D eigenvalue weighted by Crippen LogP contribution is 2.43. The molecule has 13 nitrogen and oxygen atoms in total. The summed E-state index contributed by atoms with van der Waals surface area (Å²) in [5.41, 5.74) is 4.09. The quantitative estimate of drug-likeness (QED) is 0.156. The van der Waals surface area contributed by atoms with Crippen LogP contribution in [0.1, 0.15) is 47.1 Å². The third kappa shape index (κ3) is 7.32. The zero-order valence-corrected chi connectivity index (χ0v) is 29.8. The Kier molecular flexibility index (Phi) is 10.0. The number of carbonyl (C=O) groups is 4. The van der Waals surface area contributed by atoms with Gasteiger partial charge in [-0.3, -0.25) is 14.5 Å². The summed E-state index contributed by atoms with van der Waals surface area (Å²) >= 11 is 0. The molecule has 1 atom stereocenters. The van der Waals surface area contributed by atoms with E-state index in [1.807, 2.05) is 72.8 Å². The van der Waals surface area contributed by atoms with Gasteiger partial charge in [-0.1, -0.05) is 78.9 Å². The maximum absolute atomic E-state index is 14.2. The first-order valence-corrected chi connectivity index (χ1v) is 18.9. The van der Waals surface area contributed by atoms with Crippen LogP contribution in [-0.4, -0.2) is 83.0 Å². The van der Waals surface area contributed by atoms with E-state index in [2.05, 4.69) is 5.32 Å². The molecule has 278 valence electrons. The summed E-state index contributed by atoms with van der Waals surface area (Å²) < 4.78 is 41.1. The summed E-state index contributed by atoms with van der Waals surface area (Å²) in [7, 11) is -4.29. The highest BCUT2D eigenvalue weighted by atomic mass is 32.2. The molecule has 1 aliphatic carbocycles. The van der Waals surface area contributed by atoms with Crippen molar-refractivity contribution < 1.29 is 37.1 Å². The standard InChI is InChI=1S/C39H37FN6O7S/c40-30-13-11-26(12-14-30)24-45(32-18-21-44(22-19-32)54(52,53)43-38(50)51)34(47)25-46-36(48)39(42-37(46)49)20-17-29-23-31(15-16-33(29)39)41-35(27-7-3-1-4-8-27)28-9-5-2-6-10-28/h1-16,23,32,43H,17-22,24-25H2,(H,42,49)(H,50,51). The van der Waals surface area contributed by atoms with E-state index in [9.17, 15) is 32.0 Å². The molecule has 2 fully saturated rings. The molecule has 2 saturated heterocycles. The Bertz CT molecular complexity index is 2190. The van der Waals surface area contributed by atoms with Gasteiger partial charge in [0.2, 0.25) is 5.91 Å². The first-order valence-electron chi connectivity index (χ1n) is 17.5. The maximum atomic E-state index is 14.2. The van der Waals surface area contributed by atoms with Gasteiger partial charge in [0, 0.05) is 36.8 Å². The lowest BCUT2D eigenvalue weighted by molar-refractivity contribution is -0.141. The molecule has 4 aromatic carbocycles. The van der Waals surface area contributed by atoms with Crippen LogP contribution >= 0.6 is 0 Å². The topological polar surface area (TPSA) is 169 Å². The number of hydrogen-bond acceptors (Lipinski definition) is 7. The average Bonchev–Trinajstić information content (AvgIpc) is 3.64. The number of aryl methyl sites for hydroxylation is 1. The van der Waals surface area contributed by atoms with Gasteiger partial charge in [-0.25, -0.2) is 23.7 Å². The van der Waals surface area contributed by atoms with Gasteiger partial charge in [-0.05, 0) is 66.6 Å². The van der Waals surface area contributed by atoms with Crippen LogP contribution in [0.5, 0.6) is 0 Å². The zero-order valence-electron chi connectivity index (χ0n) is 29.0. The van der Waals surface area contributed by atoms with Crippen LogP contribution in [-0.2, 0) is 38.3 Å². The summed E-state index contributed by atoms with van der Waals surface area (Å²) in [4.78, 5) is 60.1. The van der Waals surface area contributed by atoms with Crippen molar-refractivity contribution in [3.05, 3.63) is 137 Å². The number of aliphatic imine (C=N–C) groups is 1. The summed E-state index contributed by atoms with van der Waals surface area (Å²) in [6.45, 7) is -0.706. The van der Waals surface area contributed by atoms with Crippen LogP contribution in [0.3, 0.4) is 0 Å². The SMILES string of the molecule is O=C(O)NS(=O)(=O)N1CCC(N(Cc2ccc(F)cc2)C(=O)CN2C(=O)NC3(CCc4cc(N=C(c5ccccc5)c5ccccc5)ccc43)C2=O)CC1. The van der Waals surface area contributed by atoms with E-state index in [0.29, 0.717) is 29.7 Å². The first-order chi connectivity index (χ1) is 25.9. The number of benzene rings is 4. The monoisotopic (exact) mass is 752 g/mol.